The number of nitrogens with two attached hydrogens (primary N) is 1. The van der Waals surface area contributed by atoms with Gasteiger partial charge in [-0.05, 0) is 6.92 Å². The number of rotatable bonds is 9. The summed E-state index contributed by atoms with van der Waals surface area (Å²) in [6.07, 6.45) is -0.233. The van der Waals surface area contributed by atoms with Crippen molar-refractivity contribution >= 4 is 40.9 Å². The highest BCUT2D eigenvalue weighted by molar-refractivity contribution is 7.98. The van der Waals surface area contributed by atoms with E-state index in [0.29, 0.717) is 11.5 Å². The smallest absolute Gasteiger partial charge is 0.326 e. The predicted molar refractivity (Wildman–Crippen MR) is 81.0 cm³/mol. The van der Waals surface area contributed by atoms with Crippen LogP contribution in [0.1, 0.15) is 23.5 Å². The Morgan fingerprint density at radius 2 is 2.24 bits per heavy atom. The standard InChI is InChI=1S/C12H17N3O4S2/c1-7-14-8(6-21-7)5-20-3-2-11(17)15-9(12(18)19)4-10(13)16/h6,9H,2-5H2,1H3,(H2,13,16)(H,15,17)(H,18,19). The van der Waals surface area contributed by atoms with Gasteiger partial charge in [-0.15, -0.1) is 11.3 Å². The summed E-state index contributed by atoms with van der Waals surface area (Å²) in [6.45, 7) is 1.93. The molecular weight excluding hydrogens is 314 g/mol. The number of carboxylic acids is 1. The molecule has 7 nitrogen and oxygen atoms in total. The number of aryl methyl sites for hydroxylation is 1. The van der Waals surface area contributed by atoms with Crippen LogP contribution in [-0.4, -0.2) is 39.7 Å². The van der Waals surface area contributed by atoms with Gasteiger partial charge in [0.25, 0.3) is 0 Å². The molecule has 1 heterocycles. The second-order valence-corrected chi connectivity index (χ2v) is 6.46. The number of nitrogens with zero attached hydrogens (tertiary/aromatic N) is 1. The quantitative estimate of drug-likeness (QED) is 0.567. The molecule has 116 valence electrons. The van der Waals surface area contributed by atoms with Gasteiger partial charge in [-0.1, -0.05) is 0 Å². The van der Waals surface area contributed by atoms with Crippen molar-refractivity contribution in [2.45, 2.75) is 31.6 Å². The number of aromatic nitrogens is 1. The van der Waals surface area contributed by atoms with Gasteiger partial charge < -0.3 is 16.2 Å². The number of carbonyl (C=O) groups is 3. The van der Waals surface area contributed by atoms with Gasteiger partial charge >= 0.3 is 5.97 Å². The molecule has 1 unspecified atom stereocenters. The Morgan fingerprint density at radius 3 is 2.76 bits per heavy atom. The Kier molecular flexibility index (Phi) is 7.17. The van der Waals surface area contributed by atoms with Crippen molar-refractivity contribution in [2.24, 2.45) is 5.73 Å². The van der Waals surface area contributed by atoms with Gasteiger partial charge in [-0.3, -0.25) is 9.59 Å². The van der Waals surface area contributed by atoms with Gasteiger partial charge in [0, 0.05) is 23.3 Å². The minimum Gasteiger partial charge on any atom is -0.480 e. The van der Waals surface area contributed by atoms with Crippen molar-refractivity contribution in [3.8, 4) is 0 Å². The number of primary amides is 1. The fourth-order valence-electron chi connectivity index (χ4n) is 1.48. The number of carboxylic acid groups (broad SMARTS) is 1. The second-order valence-electron chi connectivity index (χ2n) is 4.29. The topological polar surface area (TPSA) is 122 Å². The highest BCUT2D eigenvalue weighted by Crippen LogP contribution is 2.15. The number of hydrogen-bond acceptors (Lipinski definition) is 6. The molecular formula is C12H17N3O4S2. The third kappa shape index (κ3) is 7.09. The van der Waals surface area contributed by atoms with Crippen molar-refractivity contribution in [1.29, 1.82) is 0 Å². The molecule has 0 bridgehead atoms. The van der Waals surface area contributed by atoms with Crippen LogP contribution in [0.25, 0.3) is 0 Å². The Labute approximate surface area is 130 Å². The monoisotopic (exact) mass is 331 g/mol. The zero-order valence-corrected chi connectivity index (χ0v) is 13.1. The highest BCUT2D eigenvalue weighted by atomic mass is 32.2. The first kappa shape index (κ1) is 17.4. The van der Waals surface area contributed by atoms with Crippen LogP contribution < -0.4 is 11.1 Å². The van der Waals surface area contributed by atoms with Gasteiger partial charge in [-0.2, -0.15) is 11.8 Å². The van der Waals surface area contributed by atoms with E-state index < -0.39 is 30.2 Å². The van der Waals surface area contributed by atoms with Crippen LogP contribution in [0, 0.1) is 6.92 Å². The van der Waals surface area contributed by atoms with Crippen molar-refractivity contribution < 1.29 is 19.5 Å². The van der Waals surface area contributed by atoms with Crippen LogP contribution in [0.3, 0.4) is 0 Å². The van der Waals surface area contributed by atoms with Gasteiger partial charge in [-0.25, -0.2) is 9.78 Å². The number of thiazole rings is 1. The second kappa shape index (κ2) is 8.63. The summed E-state index contributed by atoms with van der Waals surface area (Å²) in [4.78, 5) is 37.5. The molecule has 0 aliphatic heterocycles. The molecule has 0 saturated carbocycles. The molecule has 0 spiro atoms. The molecule has 0 aliphatic carbocycles. The number of carbonyl (C=O) groups excluding carboxylic acids is 2. The summed E-state index contributed by atoms with van der Waals surface area (Å²) in [6, 6.07) is -1.26. The number of nitrogens with one attached hydrogen (secondary N) is 1. The maximum Gasteiger partial charge on any atom is 0.326 e. The first-order chi connectivity index (χ1) is 9.88. The first-order valence-electron chi connectivity index (χ1n) is 6.17. The van der Waals surface area contributed by atoms with Crippen LogP contribution in [0.4, 0.5) is 0 Å². The van der Waals surface area contributed by atoms with Gasteiger partial charge in [0.15, 0.2) is 0 Å². The molecule has 2 amide bonds. The number of thioether (sulfide) groups is 1. The minimum atomic E-state index is -1.27. The van der Waals surface area contributed by atoms with Crippen LogP contribution in [0.15, 0.2) is 5.38 Å². The molecule has 0 aliphatic rings. The fraction of sp³-hybridized carbons (Fsp3) is 0.500. The molecule has 1 atom stereocenters. The third-order valence-electron chi connectivity index (χ3n) is 2.43. The maximum atomic E-state index is 11.6. The highest BCUT2D eigenvalue weighted by Gasteiger charge is 2.21. The Morgan fingerprint density at radius 1 is 1.52 bits per heavy atom. The molecule has 1 rings (SSSR count). The molecule has 1 aromatic rings. The van der Waals surface area contributed by atoms with Gasteiger partial charge in [0.05, 0.1) is 17.1 Å². The minimum absolute atomic E-state index is 0.177. The fourth-order valence-corrected chi connectivity index (χ4v) is 3.03. The zero-order valence-electron chi connectivity index (χ0n) is 11.5. The van der Waals surface area contributed by atoms with E-state index in [1.165, 1.54) is 0 Å². The van der Waals surface area contributed by atoms with E-state index in [-0.39, 0.29) is 6.42 Å². The summed E-state index contributed by atoms with van der Waals surface area (Å²) in [5.74, 6) is -1.19. The molecule has 1 aromatic heterocycles. The molecule has 0 fully saturated rings. The molecule has 0 radical (unpaired) electrons. The molecule has 0 saturated heterocycles. The normalized spacial score (nSPS) is 11.9. The predicted octanol–water partition coefficient (Wildman–Crippen LogP) is 0.520. The lowest BCUT2D eigenvalue weighted by Crippen LogP contribution is -2.43. The van der Waals surface area contributed by atoms with Crippen molar-refractivity contribution in [2.75, 3.05) is 5.75 Å². The Balaban J connectivity index is 2.26. The lowest BCUT2D eigenvalue weighted by Gasteiger charge is -2.12. The lowest BCUT2D eigenvalue weighted by atomic mass is 10.2. The van der Waals surface area contributed by atoms with E-state index in [1.807, 2.05) is 12.3 Å². The number of hydrogen-bond donors (Lipinski definition) is 3. The van der Waals surface area contributed by atoms with E-state index in [9.17, 15) is 14.4 Å². The lowest BCUT2D eigenvalue weighted by molar-refractivity contribution is -0.143. The Hall–Kier alpha value is -1.61. The van der Waals surface area contributed by atoms with E-state index in [2.05, 4.69) is 10.3 Å². The van der Waals surface area contributed by atoms with Crippen molar-refractivity contribution in [3.63, 3.8) is 0 Å². The van der Waals surface area contributed by atoms with E-state index in [4.69, 9.17) is 10.8 Å². The van der Waals surface area contributed by atoms with E-state index in [1.54, 1.807) is 23.1 Å². The number of aliphatic carboxylic acids is 1. The van der Waals surface area contributed by atoms with Crippen LogP contribution in [0.2, 0.25) is 0 Å². The van der Waals surface area contributed by atoms with Crippen LogP contribution >= 0.6 is 23.1 Å². The maximum absolute atomic E-state index is 11.6. The summed E-state index contributed by atoms with van der Waals surface area (Å²) in [7, 11) is 0. The van der Waals surface area contributed by atoms with E-state index >= 15 is 0 Å². The SMILES string of the molecule is Cc1nc(CSCCC(=O)NC(CC(N)=O)C(=O)O)cs1. The van der Waals surface area contributed by atoms with Crippen LogP contribution in [-0.2, 0) is 20.1 Å². The Bertz CT molecular complexity index is 518. The average Bonchev–Trinajstić information content (AvgIpc) is 2.79. The van der Waals surface area contributed by atoms with Crippen LogP contribution in [0.5, 0.6) is 0 Å². The van der Waals surface area contributed by atoms with Crippen molar-refractivity contribution in [1.82, 2.24) is 10.3 Å². The van der Waals surface area contributed by atoms with E-state index in [0.717, 1.165) is 10.7 Å². The van der Waals surface area contributed by atoms with Gasteiger partial charge in [0.1, 0.15) is 6.04 Å². The molecule has 21 heavy (non-hydrogen) atoms. The molecule has 4 N–H and O–H groups in total. The number of amides is 2. The third-order valence-corrected chi connectivity index (χ3v) is 4.24. The van der Waals surface area contributed by atoms with Crippen molar-refractivity contribution in [3.05, 3.63) is 16.1 Å². The summed E-state index contributed by atoms with van der Waals surface area (Å²) in [5, 5.41) is 14.1. The van der Waals surface area contributed by atoms with Gasteiger partial charge in [0.2, 0.25) is 11.8 Å². The summed E-state index contributed by atoms with van der Waals surface area (Å²) in [5.41, 5.74) is 5.90. The molecule has 0 aromatic carbocycles. The zero-order chi connectivity index (χ0) is 15.8. The molecule has 9 heteroatoms. The first-order valence-corrected chi connectivity index (χ1v) is 8.21. The summed E-state index contributed by atoms with van der Waals surface area (Å²) >= 11 is 3.11. The average molecular weight is 331 g/mol. The summed E-state index contributed by atoms with van der Waals surface area (Å²) < 4.78 is 0. The largest absolute Gasteiger partial charge is 0.480 e.